The molecule has 3 aromatic carbocycles. The Morgan fingerprint density at radius 3 is 1.06 bits per heavy atom. The van der Waals surface area contributed by atoms with Gasteiger partial charge in [0.2, 0.25) is 0 Å². The number of phosphoric acid groups is 1. The van der Waals surface area contributed by atoms with Gasteiger partial charge in [-0.25, -0.2) is 22.1 Å². The fourth-order valence-electron chi connectivity index (χ4n) is 2.46. The number of anilines is 3. The molecule has 0 aliphatic carbocycles. The smallest absolute Gasteiger partial charge is 0.222 e. The molecule has 3 aromatic rings. The van der Waals surface area contributed by atoms with Gasteiger partial charge in [-0.2, -0.15) is 15.5 Å². The molecular formula is C18H15Br6N6O4P. The van der Waals surface area contributed by atoms with E-state index in [2.05, 4.69) is 95.6 Å². The van der Waals surface area contributed by atoms with Crippen molar-refractivity contribution in [2.45, 2.75) is 0 Å². The fraction of sp³-hybridized carbons (Fsp3) is 0. The minimum Gasteiger partial charge on any atom is -0.222 e. The van der Waals surface area contributed by atoms with E-state index in [0.717, 1.165) is 0 Å². The highest BCUT2D eigenvalue weighted by Gasteiger charge is 2.38. The van der Waals surface area contributed by atoms with Gasteiger partial charge in [0.1, 0.15) is 0 Å². The molecule has 3 rings (SSSR count). The van der Waals surface area contributed by atoms with Gasteiger partial charge in [0, 0.05) is 26.8 Å². The number of benzene rings is 3. The second kappa shape index (κ2) is 12.7. The Balaban J connectivity index is 1.96. The van der Waals surface area contributed by atoms with E-state index < -0.39 is 7.82 Å². The molecule has 0 aliphatic heterocycles. The lowest BCUT2D eigenvalue weighted by atomic mass is 10.3. The standard InChI is InChI=1S/C18H15Br6N6O4P/c19-10-1-4-13(22)16(7-10)28(25)32-35(31,33-29(26)17-8-11(20)2-5-14(17)23)34-30(27)18-9-12(21)3-6-15(18)24/h1-9H,25-27H2. The van der Waals surface area contributed by atoms with Crippen LogP contribution in [0.2, 0.25) is 0 Å². The lowest BCUT2D eigenvalue weighted by Crippen LogP contribution is -2.38. The minimum atomic E-state index is -4.69. The second-order valence-electron chi connectivity index (χ2n) is 6.46. The van der Waals surface area contributed by atoms with Crippen LogP contribution in [0.3, 0.4) is 0 Å². The third-order valence-corrected chi connectivity index (χ3v) is 8.62. The number of nitrogens with zero attached hydrogens (tertiary/aromatic N) is 3. The van der Waals surface area contributed by atoms with E-state index >= 15 is 0 Å². The van der Waals surface area contributed by atoms with Crippen LogP contribution in [0.4, 0.5) is 17.1 Å². The Kier molecular flexibility index (Phi) is 10.7. The summed E-state index contributed by atoms with van der Waals surface area (Å²) in [5.41, 5.74) is 0.892. The average Bonchev–Trinajstić information content (AvgIpc) is 2.78. The van der Waals surface area contributed by atoms with Gasteiger partial charge in [0.25, 0.3) is 0 Å². The first-order valence-corrected chi connectivity index (χ1v) is 15.3. The zero-order valence-electron chi connectivity index (χ0n) is 17.1. The molecule has 0 fully saturated rings. The SMILES string of the molecule is NN(OP(=O)(ON(N)c1cc(Br)ccc1Br)ON(N)c1cc(Br)ccc1Br)c1cc(Br)ccc1Br. The summed E-state index contributed by atoms with van der Waals surface area (Å²) in [6, 6.07) is 15.3. The number of hydrogen-bond acceptors (Lipinski definition) is 10. The summed E-state index contributed by atoms with van der Waals surface area (Å²) in [6.45, 7) is 0. The van der Waals surface area contributed by atoms with Gasteiger partial charge in [0.15, 0.2) is 0 Å². The quantitative estimate of drug-likeness (QED) is 0.112. The molecule has 17 heteroatoms. The Hall–Kier alpha value is -0.0700. The fourth-order valence-corrected chi connectivity index (χ4v) is 5.77. The van der Waals surface area contributed by atoms with Gasteiger partial charge in [-0.05, 0) is 102 Å². The molecular weight excluding hydrogens is 875 g/mol. The number of rotatable bonds is 9. The second-order valence-corrected chi connectivity index (χ2v) is 13.2. The van der Waals surface area contributed by atoms with Gasteiger partial charge < -0.3 is 0 Å². The van der Waals surface area contributed by atoms with Gasteiger partial charge in [-0.3, -0.25) is 0 Å². The van der Waals surface area contributed by atoms with Crippen LogP contribution in [-0.4, -0.2) is 0 Å². The molecule has 0 unspecified atom stereocenters. The summed E-state index contributed by atoms with van der Waals surface area (Å²) >= 11 is 20.1. The first-order chi connectivity index (χ1) is 16.4. The molecule has 0 heterocycles. The molecule has 0 amide bonds. The van der Waals surface area contributed by atoms with Crippen LogP contribution >= 0.6 is 103 Å². The maximum atomic E-state index is 13.8. The highest BCUT2D eigenvalue weighted by atomic mass is 79.9. The van der Waals surface area contributed by atoms with Crippen molar-refractivity contribution in [1.82, 2.24) is 0 Å². The van der Waals surface area contributed by atoms with Crippen LogP contribution in [0.25, 0.3) is 0 Å². The molecule has 10 nitrogen and oxygen atoms in total. The highest BCUT2D eigenvalue weighted by Crippen LogP contribution is 2.53. The molecule has 0 aliphatic rings. The van der Waals surface area contributed by atoms with E-state index in [0.29, 0.717) is 59.4 Å². The summed E-state index contributed by atoms with van der Waals surface area (Å²) in [4.78, 5) is 0. The minimum absolute atomic E-state index is 0.297. The van der Waals surface area contributed by atoms with Gasteiger partial charge in [-0.1, -0.05) is 47.8 Å². The van der Waals surface area contributed by atoms with Crippen LogP contribution in [0.1, 0.15) is 0 Å². The maximum absolute atomic E-state index is 13.8. The number of halogens is 6. The van der Waals surface area contributed by atoms with Crippen LogP contribution < -0.4 is 33.0 Å². The van der Waals surface area contributed by atoms with Gasteiger partial charge >= 0.3 is 7.82 Å². The first-order valence-electron chi connectivity index (χ1n) is 9.07. The van der Waals surface area contributed by atoms with Crippen molar-refractivity contribution >= 4 is 120 Å². The van der Waals surface area contributed by atoms with E-state index in [1.54, 1.807) is 54.6 Å². The van der Waals surface area contributed by atoms with Crippen LogP contribution in [0, 0.1) is 0 Å². The Morgan fingerprint density at radius 2 is 0.800 bits per heavy atom. The molecule has 0 atom stereocenters. The van der Waals surface area contributed by atoms with E-state index in [1.165, 1.54) is 0 Å². The first kappa shape index (κ1) is 29.5. The van der Waals surface area contributed by atoms with E-state index in [-0.39, 0.29) is 0 Å². The molecule has 35 heavy (non-hydrogen) atoms. The summed E-state index contributed by atoms with van der Waals surface area (Å²) in [6.07, 6.45) is 0. The summed E-state index contributed by atoms with van der Waals surface area (Å²) in [7, 11) is -4.69. The van der Waals surface area contributed by atoms with Crippen molar-refractivity contribution in [3.63, 3.8) is 0 Å². The summed E-state index contributed by atoms with van der Waals surface area (Å²) in [5, 5.41) is 2.13. The van der Waals surface area contributed by atoms with Gasteiger partial charge in [0.05, 0.1) is 17.1 Å². The summed E-state index contributed by atoms with van der Waals surface area (Å²) < 4.78 is 33.9. The van der Waals surface area contributed by atoms with Crippen molar-refractivity contribution in [3.05, 3.63) is 81.4 Å². The average molecular weight is 890 g/mol. The predicted octanol–water partition coefficient (Wildman–Crippen LogP) is 7.61. The van der Waals surface area contributed by atoms with Crippen LogP contribution in [0.5, 0.6) is 0 Å². The van der Waals surface area contributed by atoms with Crippen molar-refractivity contribution in [2.75, 3.05) is 15.5 Å². The molecule has 0 radical (unpaired) electrons. The maximum Gasteiger partial charge on any atom is 0.543 e. The zero-order chi connectivity index (χ0) is 25.9. The number of hydrogen-bond donors (Lipinski definition) is 3. The molecule has 6 N–H and O–H groups in total. The molecule has 0 saturated heterocycles. The normalized spacial score (nSPS) is 11.5. The molecule has 188 valence electrons. The Labute approximate surface area is 251 Å². The van der Waals surface area contributed by atoms with Crippen molar-refractivity contribution in [1.29, 1.82) is 0 Å². The lowest BCUT2D eigenvalue weighted by molar-refractivity contribution is 0.0857. The van der Waals surface area contributed by atoms with Crippen molar-refractivity contribution in [3.8, 4) is 0 Å². The highest BCUT2D eigenvalue weighted by molar-refractivity contribution is 9.11. The molecule has 0 aromatic heterocycles. The third kappa shape index (κ3) is 7.96. The number of hydrazine groups is 3. The largest absolute Gasteiger partial charge is 0.543 e. The van der Waals surface area contributed by atoms with E-state index in [1.807, 2.05) is 0 Å². The lowest BCUT2D eigenvalue weighted by Gasteiger charge is -2.30. The van der Waals surface area contributed by atoms with Crippen molar-refractivity contribution in [2.24, 2.45) is 17.5 Å². The zero-order valence-corrected chi connectivity index (χ0v) is 27.5. The van der Waals surface area contributed by atoms with Crippen LogP contribution in [-0.2, 0) is 18.4 Å². The molecule has 0 bridgehead atoms. The number of nitrogens with two attached hydrogens (primary N) is 3. The molecule has 0 saturated carbocycles. The summed E-state index contributed by atoms with van der Waals surface area (Å²) in [5.74, 6) is 18.2. The Morgan fingerprint density at radius 1 is 0.543 bits per heavy atom. The van der Waals surface area contributed by atoms with Crippen LogP contribution in [0.15, 0.2) is 81.4 Å². The Bertz CT molecular complexity index is 1120. The van der Waals surface area contributed by atoms with Gasteiger partial charge in [-0.15, -0.1) is 13.9 Å². The van der Waals surface area contributed by atoms with E-state index in [4.69, 9.17) is 31.4 Å². The predicted molar refractivity (Wildman–Crippen MR) is 156 cm³/mol. The van der Waals surface area contributed by atoms with Crippen molar-refractivity contribution < 1.29 is 18.4 Å². The monoisotopic (exact) mass is 884 g/mol. The topological polar surface area (TPSA) is 133 Å². The third-order valence-electron chi connectivity index (χ3n) is 4.00. The molecule has 0 spiro atoms. The van der Waals surface area contributed by atoms with E-state index in [9.17, 15) is 4.57 Å².